The molecule has 3 fully saturated rings. The van der Waals surface area contributed by atoms with Gasteiger partial charge in [-0.05, 0) is 112 Å². The summed E-state index contributed by atoms with van der Waals surface area (Å²) < 4.78 is 59.0. The molecular weight excluding hydrogens is 546 g/mol. The maximum absolute atomic E-state index is 13.9. The molecule has 4 heterocycles. The number of hydrogen-bond donors (Lipinski definition) is 0. The predicted molar refractivity (Wildman–Crippen MR) is 153 cm³/mol. The van der Waals surface area contributed by atoms with Crippen LogP contribution in [-0.2, 0) is 22.1 Å². The number of alkyl halides is 3. The average Bonchev–Trinajstić information content (AvgIpc) is 3.00. The molecule has 2 atom stereocenters. The minimum atomic E-state index is -4.36. The van der Waals surface area contributed by atoms with E-state index in [-0.39, 0.29) is 17.6 Å². The molecule has 3 saturated heterocycles. The molecule has 1 amide bonds. The first-order valence-corrected chi connectivity index (χ1v) is 15.5. The molecule has 5 nitrogen and oxygen atoms in total. The predicted octanol–water partition coefficient (Wildman–Crippen LogP) is 6.86. The van der Waals surface area contributed by atoms with E-state index in [0.29, 0.717) is 56.1 Å². The van der Waals surface area contributed by atoms with Gasteiger partial charge in [-0.25, -0.2) is 4.39 Å². The highest BCUT2D eigenvalue weighted by Crippen LogP contribution is 2.38. The lowest BCUT2D eigenvalue weighted by atomic mass is 9.79. The highest BCUT2D eigenvalue weighted by molar-refractivity contribution is 5.86. The number of benzene rings is 1. The highest BCUT2D eigenvalue weighted by Gasteiger charge is 2.49. The monoisotopic (exact) mass is 589 g/mol. The zero-order valence-electron chi connectivity index (χ0n) is 24.7. The zero-order valence-corrected chi connectivity index (χ0v) is 24.7. The van der Waals surface area contributed by atoms with Crippen molar-refractivity contribution >= 4 is 5.91 Å². The molecule has 0 unspecified atom stereocenters. The van der Waals surface area contributed by atoms with Gasteiger partial charge in [0.25, 0.3) is 5.91 Å². The molecular formula is C33H43F4N3O2. The van der Waals surface area contributed by atoms with Crippen LogP contribution in [0.3, 0.4) is 0 Å². The maximum Gasteiger partial charge on any atom is 0.416 e. The van der Waals surface area contributed by atoms with Gasteiger partial charge in [0, 0.05) is 31.0 Å². The molecule has 5 rings (SSSR count). The first-order chi connectivity index (χ1) is 20.0. The van der Waals surface area contributed by atoms with Crippen LogP contribution in [0.2, 0.25) is 0 Å². The number of amides is 1. The molecule has 230 valence electrons. The quantitative estimate of drug-likeness (QED) is 0.331. The maximum atomic E-state index is 13.9. The number of rotatable bonds is 7. The van der Waals surface area contributed by atoms with Crippen molar-refractivity contribution in [3.63, 3.8) is 0 Å². The molecule has 42 heavy (non-hydrogen) atoms. The van der Waals surface area contributed by atoms with Crippen LogP contribution in [0.25, 0.3) is 0 Å². The minimum absolute atomic E-state index is 0.0554. The van der Waals surface area contributed by atoms with Crippen LogP contribution >= 0.6 is 0 Å². The van der Waals surface area contributed by atoms with E-state index in [9.17, 15) is 22.4 Å². The number of likely N-dealkylation sites (tertiary alicyclic amines) is 2. The Balaban J connectivity index is 1.09. The highest BCUT2D eigenvalue weighted by atomic mass is 19.4. The number of aryl methyl sites for hydroxylation is 1. The summed E-state index contributed by atoms with van der Waals surface area (Å²) >= 11 is 0. The first-order valence-electron chi connectivity index (χ1n) is 15.5. The van der Waals surface area contributed by atoms with Crippen molar-refractivity contribution in [3.05, 3.63) is 65.2 Å². The topological polar surface area (TPSA) is 45.7 Å². The van der Waals surface area contributed by atoms with Gasteiger partial charge in [0.2, 0.25) is 0 Å². The van der Waals surface area contributed by atoms with Crippen molar-refractivity contribution in [3.8, 4) is 0 Å². The molecule has 1 aromatic heterocycles. The Morgan fingerprint density at radius 2 is 1.71 bits per heavy atom. The molecule has 0 aliphatic carbocycles. The molecule has 0 spiro atoms. The van der Waals surface area contributed by atoms with Crippen LogP contribution in [0.5, 0.6) is 0 Å². The van der Waals surface area contributed by atoms with Crippen molar-refractivity contribution in [2.24, 2.45) is 11.8 Å². The smallest absolute Gasteiger partial charge is 0.363 e. The lowest BCUT2D eigenvalue weighted by Crippen LogP contribution is -2.60. The van der Waals surface area contributed by atoms with Crippen LogP contribution in [0.1, 0.15) is 81.5 Å². The Hall–Kier alpha value is -2.52. The van der Waals surface area contributed by atoms with Gasteiger partial charge in [0.1, 0.15) is 11.4 Å². The zero-order chi connectivity index (χ0) is 29.9. The van der Waals surface area contributed by atoms with E-state index >= 15 is 0 Å². The Kier molecular flexibility index (Phi) is 9.57. The molecule has 0 saturated carbocycles. The second-order valence-electron chi connectivity index (χ2n) is 12.7. The number of hydrogen-bond acceptors (Lipinski definition) is 4. The third kappa shape index (κ3) is 6.99. The fraction of sp³-hybridized carbons (Fsp3) is 0.636. The molecule has 1 aromatic carbocycles. The van der Waals surface area contributed by atoms with Crippen LogP contribution in [0.4, 0.5) is 17.6 Å². The van der Waals surface area contributed by atoms with E-state index < -0.39 is 17.3 Å². The normalized spacial score (nSPS) is 25.2. The molecule has 0 bridgehead atoms. The second-order valence-corrected chi connectivity index (χ2v) is 12.7. The third-order valence-electron chi connectivity index (χ3n) is 9.92. The van der Waals surface area contributed by atoms with Crippen molar-refractivity contribution < 1.29 is 27.1 Å². The fourth-order valence-electron chi connectivity index (χ4n) is 7.11. The van der Waals surface area contributed by atoms with E-state index in [4.69, 9.17) is 4.74 Å². The van der Waals surface area contributed by atoms with E-state index in [1.165, 1.54) is 11.8 Å². The summed E-state index contributed by atoms with van der Waals surface area (Å²) in [5.41, 5.74) is 0.206. The number of piperidine rings is 2. The van der Waals surface area contributed by atoms with Gasteiger partial charge >= 0.3 is 6.18 Å². The van der Waals surface area contributed by atoms with Crippen molar-refractivity contribution in [2.75, 3.05) is 32.8 Å². The number of carbonyl (C=O) groups excluding carboxylic acids is 1. The van der Waals surface area contributed by atoms with Gasteiger partial charge in [-0.3, -0.25) is 14.7 Å². The first kappa shape index (κ1) is 30.9. The Morgan fingerprint density at radius 3 is 2.31 bits per heavy atom. The molecule has 2 aromatic rings. The Morgan fingerprint density at radius 1 is 1.02 bits per heavy atom. The van der Waals surface area contributed by atoms with E-state index in [2.05, 4.69) is 23.7 Å². The summed E-state index contributed by atoms with van der Waals surface area (Å²) in [6.45, 7) is 7.94. The van der Waals surface area contributed by atoms with E-state index in [1.54, 1.807) is 12.1 Å². The molecule has 3 aliphatic heterocycles. The van der Waals surface area contributed by atoms with Gasteiger partial charge in [0.15, 0.2) is 0 Å². The standard InChI is InChI=1S/C33H43F4N3O2/c1-23(2)32(15-9-30(22-42-32)39-19-13-26(14-20-39)25-4-6-28(34)7-5-25)31(41)40-17-11-24(12-18-40)3-8-29-21-27(10-16-38-29)33(35,36)37/h4-7,10,16,21,23-24,26,30H,3,8-9,11-15,17-20,22H2,1-2H3/t30-,32+/m1/s1. The number of nitrogens with zero attached hydrogens (tertiary/aromatic N) is 3. The SMILES string of the molecule is CC(C)[C@]1(C(=O)N2CCC(CCc3cc(C(F)(F)F)ccn3)CC2)CC[C@@H](N2CCC(c3ccc(F)cc3)CC2)CO1. The largest absolute Gasteiger partial charge is 0.416 e. The van der Waals surface area contributed by atoms with Crippen LogP contribution < -0.4 is 0 Å². The molecule has 0 N–H and O–H groups in total. The lowest BCUT2D eigenvalue weighted by molar-refractivity contribution is -0.181. The number of halogens is 4. The van der Waals surface area contributed by atoms with E-state index in [0.717, 1.165) is 63.7 Å². The summed E-state index contributed by atoms with van der Waals surface area (Å²) in [4.78, 5) is 22.5. The molecule has 9 heteroatoms. The van der Waals surface area contributed by atoms with Gasteiger partial charge in [-0.2, -0.15) is 13.2 Å². The Bertz CT molecular complexity index is 1180. The van der Waals surface area contributed by atoms with Crippen LogP contribution in [0, 0.1) is 17.7 Å². The number of pyridine rings is 1. The summed E-state index contributed by atoms with van der Waals surface area (Å²) in [6.07, 6.45) is 3.51. The lowest BCUT2D eigenvalue weighted by Gasteiger charge is -2.48. The number of carbonyl (C=O) groups is 1. The third-order valence-corrected chi connectivity index (χ3v) is 9.92. The van der Waals surface area contributed by atoms with Crippen molar-refractivity contribution in [1.29, 1.82) is 0 Å². The number of aromatic nitrogens is 1. The van der Waals surface area contributed by atoms with Crippen LogP contribution in [0.15, 0.2) is 42.6 Å². The summed E-state index contributed by atoms with van der Waals surface area (Å²) in [5, 5.41) is 0. The van der Waals surface area contributed by atoms with Crippen molar-refractivity contribution in [2.45, 2.75) is 89.0 Å². The minimum Gasteiger partial charge on any atom is -0.363 e. The van der Waals surface area contributed by atoms with Crippen LogP contribution in [-0.4, -0.2) is 65.1 Å². The van der Waals surface area contributed by atoms with Gasteiger partial charge < -0.3 is 9.64 Å². The van der Waals surface area contributed by atoms with Gasteiger partial charge in [-0.15, -0.1) is 0 Å². The average molecular weight is 590 g/mol. The summed E-state index contributed by atoms with van der Waals surface area (Å²) in [5.74, 6) is 0.750. The van der Waals surface area contributed by atoms with Gasteiger partial charge in [-0.1, -0.05) is 26.0 Å². The van der Waals surface area contributed by atoms with Gasteiger partial charge in [0.05, 0.1) is 12.2 Å². The molecule has 3 aliphatic rings. The summed E-state index contributed by atoms with van der Waals surface area (Å²) in [7, 11) is 0. The molecule has 0 radical (unpaired) electrons. The van der Waals surface area contributed by atoms with Crippen molar-refractivity contribution in [1.82, 2.24) is 14.8 Å². The summed E-state index contributed by atoms with van der Waals surface area (Å²) in [6, 6.07) is 9.34. The van der Waals surface area contributed by atoms with E-state index in [1.807, 2.05) is 17.0 Å². The second kappa shape index (κ2) is 13.0. The Labute approximate surface area is 246 Å². The number of ether oxygens (including phenoxy) is 1. The fourth-order valence-corrected chi connectivity index (χ4v) is 7.11.